The van der Waals surface area contributed by atoms with Crippen LogP contribution in [0.3, 0.4) is 0 Å². The summed E-state index contributed by atoms with van der Waals surface area (Å²) in [5, 5.41) is 4.49. The minimum atomic E-state index is -4.69. The van der Waals surface area contributed by atoms with Crippen LogP contribution in [0.15, 0.2) is 162 Å². The summed E-state index contributed by atoms with van der Waals surface area (Å²) in [7, 11) is -7.45. The van der Waals surface area contributed by atoms with Crippen molar-refractivity contribution < 1.29 is 38.4 Å². The number of morpholine rings is 1. The zero-order valence-corrected chi connectivity index (χ0v) is 28.8. The van der Waals surface area contributed by atoms with E-state index in [0.29, 0.717) is 32.0 Å². The van der Waals surface area contributed by atoms with Crippen LogP contribution in [0.5, 0.6) is 0 Å². The lowest BCUT2D eigenvalue weighted by molar-refractivity contribution is -1.92. The topological polar surface area (TPSA) is 131 Å². The van der Waals surface area contributed by atoms with Crippen molar-refractivity contribution in [3.05, 3.63) is 168 Å². The van der Waals surface area contributed by atoms with Gasteiger partial charge >= 0.3 is 0 Å². The molecule has 1 aliphatic heterocycles. The normalized spacial score (nSPS) is 14.3. The monoisotopic (exact) mass is 715 g/mol. The highest BCUT2D eigenvalue weighted by Crippen LogP contribution is 2.67. The third-order valence-corrected chi connectivity index (χ3v) is 12.4. The molecule has 1 N–H and O–H groups in total. The van der Waals surface area contributed by atoms with Gasteiger partial charge in [-0.15, -0.1) is 0 Å². The number of aliphatic imine (C=N–C) groups is 1. The molecule has 1 aliphatic rings. The van der Waals surface area contributed by atoms with Gasteiger partial charge in [-0.3, -0.25) is 4.79 Å². The Bertz CT molecular complexity index is 1750. The van der Waals surface area contributed by atoms with Crippen LogP contribution in [0, 0.1) is 10.2 Å². The first-order valence-corrected chi connectivity index (χ1v) is 18.8. The number of nitrogens with zero attached hydrogens (tertiary/aromatic N) is 2. The number of carbonyl (C=O) groups excluding carboxylic acids is 1. The van der Waals surface area contributed by atoms with Gasteiger partial charge in [0.05, 0.1) is 28.1 Å². The number of hydrogen-bond donors (Lipinski definition) is 1. The first-order chi connectivity index (χ1) is 23.7. The van der Waals surface area contributed by atoms with Crippen LogP contribution in [0.25, 0.3) is 5.31 Å². The molecule has 6 rings (SSSR count). The van der Waals surface area contributed by atoms with Crippen molar-refractivity contribution in [1.82, 2.24) is 4.90 Å². The highest BCUT2D eigenvalue weighted by molar-refractivity contribution is 8.03. The Morgan fingerprint density at radius 2 is 1.00 bits per heavy atom. The van der Waals surface area contributed by atoms with Crippen molar-refractivity contribution in [2.45, 2.75) is 0 Å². The standard InChI is InChI=1S/C38H33ClN2O2P.ClHO4/c39-37(31-18-8-2-9-19-31)40-35(38(42)41-26-28-43-29-27-41)36(30-16-6-1-7-17-30)44(32-20-10-3-11-21-32,33-22-12-4-13-23-33)34-24-14-5-15-25-34;2-1(3,4)5/h1-25H,26-29H2;(H,2,3,4,5)/q+1;/b36-35-,40-37?;. The van der Waals surface area contributed by atoms with E-state index in [1.807, 2.05) is 71.6 Å². The van der Waals surface area contributed by atoms with Crippen LogP contribution in [-0.2, 0) is 9.53 Å². The number of carbonyl (C=O) groups is 1. The first-order valence-electron chi connectivity index (χ1n) is 15.4. The molecule has 0 atom stereocenters. The summed E-state index contributed by atoms with van der Waals surface area (Å²) in [6.07, 6.45) is 0. The number of ether oxygens (including phenoxy) is 1. The molecule has 250 valence electrons. The lowest BCUT2D eigenvalue weighted by Gasteiger charge is -2.32. The smallest absolute Gasteiger partial charge is 0.276 e. The maximum Gasteiger partial charge on any atom is 0.276 e. The fraction of sp³-hybridized carbons (Fsp3) is 0.105. The summed E-state index contributed by atoms with van der Waals surface area (Å²) in [4.78, 5) is 21.8. The van der Waals surface area contributed by atoms with E-state index < -0.39 is 17.5 Å². The lowest BCUT2D eigenvalue weighted by Crippen LogP contribution is -2.58. The molecule has 0 spiro atoms. The van der Waals surface area contributed by atoms with Crippen molar-refractivity contribution in [2.24, 2.45) is 4.99 Å². The largest absolute Gasteiger partial charge is 0.378 e. The van der Waals surface area contributed by atoms with Crippen LogP contribution in [-0.4, -0.2) is 46.9 Å². The molecule has 49 heavy (non-hydrogen) atoms. The maximum atomic E-state index is 14.9. The Morgan fingerprint density at radius 1 is 0.653 bits per heavy atom. The predicted molar refractivity (Wildman–Crippen MR) is 187 cm³/mol. The van der Waals surface area contributed by atoms with Crippen LogP contribution >= 0.6 is 18.9 Å². The highest BCUT2D eigenvalue weighted by atomic mass is 35.7. The van der Waals surface area contributed by atoms with Gasteiger partial charge in [-0.25, -0.2) is 4.99 Å². The number of amides is 1. The molecule has 1 heterocycles. The molecular formula is C38H34Cl2N2O6P+. The molecule has 0 saturated carbocycles. The van der Waals surface area contributed by atoms with Gasteiger partial charge in [0.2, 0.25) is 0 Å². The number of rotatable bonds is 8. The predicted octanol–water partition coefficient (Wildman–Crippen LogP) is 2.77. The Hall–Kier alpha value is -4.21. The molecule has 0 unspecified atom stereocenters. The van der Waals surface area contributed by atoms with Gasteiger partial charge in [-0.2, -0.15) is 14.0 Å². The van der Waals surface area contributed by atoms with Gasteiger partial charge in [0.25, 0.3) is 5.91 Å². The van der Waals surface area contributed by atoms with Crippen molar-refractivity contribution in [1.29, 1.82) is 0 Å². The number of halogens is 2. The molecule has 0 aromatic heterocycles. The summed E-state index contributed by atoms with van der Waals surface area (Å²) in [5.41, 5.74) is 2.02. The van der Waals surface area contributed by atoms with E-state index in [9.17, 15) is 4.79 Å². The van der Waals surface area contributed by atoms with Gasteiger partial charge < -0.3 is 9.64 Å². The molecule has 5 aromatic rings. The maximum absolute atomic E-state index is 14.9. The molecule has 0 aliphatic carbocycles. The van der Waals surface area contributed by atoms with Crippen LogP contribution < -0.4 is 29.9 Å². The molecule has 5 aromatic carbocycles. The van der Waals surface area contributed by atoms with Crippen molar-refractivity contribution >= 4 is 51.2 Å². The third kappa shape index (κ3) is 9.08. The Labute approximate surface area is 293 Å². The summed E-state index contributed by atoms with van der Waals surface area (Å²) >= 11 is 7.04. The van der Waals surface area contributed by atoms with Gasteiger partial charge in [-0.1, -0.05) is 127 Å². The minimum absolute atomic E-state index is 0.159. The first kappa shape index (κ1) is 36.1. The zero-order chi connectivity index (χ0) is 34.7. The van der Waals surface area contributed by atoms with Crippen molar-refractivity contribution in [3.63, 3.8) is 0 Å². The molecule has 1 amide bonds. The molecule has 8 nitrogen and oxygen atoms in total. The van der Waals surface area contributed by atoms with Crippen molar-refractivity contribution in [2.75, 3.05) is 26.3 Å². The molecule has 1 fully saturated rings. The van der Waals surface area contributed by atoms with Gasteiger partial charge in [0.1, 0.15) is 33.7 Å². The quantitative estimate of drug-likeness (QED) is 0.149. The lowest BCUT2D eigenvalue weighted by atomic mass is 10.1. The van der Waals surface area contributed by atoms with Gasteiger partial charge in [-0.05, 0) is 36.4 Å². The second kappa shape index (κ2) is 16.9. The molecule has 11 heteroatoms. The van der Waals surface area contributed by atoms with E-state index in [1.54, 1.807) is 0 Å². The Balaban J connectivity index is 0.000000874. The summed E-state index contributed by atoms with van der Waals surface area (Å²) in [5.74, 6) is -0.159. The van der Waals surface area contributed by atoms with E-state index in [4.69, 9.17) is 40.0 Å². The van der Waals surface area contributed by atoms with E-state index in [1.165, 1.54) is 0 Å². The van der Waals surface area contributed by atoms with Crippen LogP contribution in [0.4, 0.5) is 0 Å². The highest BCUT2D eigenvalue weighted by Gasteiger charge is 2.53. The Kier molecular flexibility index (Phi) is 12.5. The second-order valence-corrected chi connectivity index (χ2v) is 15.3. The van der Waals surface area contributed by atoms with Crippen molar-refractivity contribution in [3.8, 4) is 0 Å². The zero-order valence-electron chi connectivity index (χ0n) is 26.3. The number of hydrogen-bond acceptors (Lipinski definition) is 7. The minimum Gasteiger partial charge on any atom is -0.378 e. The van der Waals surface area contributed by atoms with E-state index in [2.05, 4.69) is 84.9 Å². The van der Waals surface area contributed by atoms with Gasteiger partial charge in [0, 0.05) is 24.2 Å². The van der Waals surface area contributed by atoms with E-state index >= 15 is 0 Å². The Morgan fingerprint density at radius 3 is 1.39 bits per heavy atom. The van der Waals surface area contributed by atoms with Gasteiger partial charge in [0.15, 0.2) is 5.70 Å². The van der Waals surface area contributed by atoms with Crippen LogP contribution in [0.1, 0.15) is 11.1 Å². The fourth-order valence-electron chi connectivity index (χ4n) is 5.73. The summed E-state index contributed by atoms with van der Waals surface area (Å²) in [6.45, 7) is 1.92. The SMILES string of the molecule is O=C(/C(N=C(Cl)c1ccccc1)=C(\c1ccccc1)[P+](c1ccccc1)(c1ccccc1)c1ccccc1)N1CCOCC1.[O-][Cl+3]([O-])([O-])O. The number of benzene rings is 5. The van der Waals surface area contributed by atoms with E-state index in [0.717, 1.165) is 32.4 Å². The van der Waals surface area contributed by atoms with Crippen LogP contribution in [0.2, 0.25) is 0 Å². The molecule has 1 saturated heterocycles. The average molecular weight is 717 g/mol. The molecule has 0 radical (unpaired) electrons. The third-order valence-electron chi connectivity index (χ3n) is 7.76. The van der Waals surface area contributed by atoms with E-state index in [-0.39, 0.29) is 11.1 Å². The average Bonchev–Trinajstić information content (AvgIpc) is 3.14. The molecule has 0 bridgehead atoms. The summed E-state index contributed by atoms with van der Waals surface area (Å²) < 4.78 is 38.4. The fourth-order valence-corrected chi connectivity index (χ4v) is 10.5. The summed E-state index contributed by atoms with van der Waals surface area (Å²) in [6, 6.07) is 51.4. The molecular weight excluding hydrogens is 682 g/mol. The second-order valence-electron chi connectivity index (χ2n) is 10.8.